The van der Waals surface area contributed by atoms with Crippen LogP contribution in [0.25, 0.3) is 21.5 Å². The van der Waals surface area contributed by atoms with Gasteiger partial charge in [0.2, 0.25) is 0 Å². The summed E-state index contributed by atoms with van der Waals surface area (Å²) in [6, 6.07) is 20.3. The molecular formula is C32H22N4O14S5. The summed E-state index contributed by atoms with van der Waals surface area (Å²) in [5, 5.41) is 36.0. The third-order valence-corrected chi connectivity index (χ3v) is 12.0. The van der Waals surface area contributed by atoms with E-state index < -0.39 is 82.9 Å². The zero-order valence-electron chi connectivity index (χ0n) is 27.0. The zero-order valence-corrected chi connectivity index (χ0v) is 31.1. The van der Waals surface area contributed by atoms with E-state index in [0.717, 1.165) is 34.1 Å². The van der Waals surface area contributed by atoms with E-state index in [0.29, 0.717) is 12.1 Å². The first-order valence-electron chi connectivity index (χ1n) is 14.8. The molecule has 23 heteroatoms. The van der Waals surface area contributed by atoms with E-state index in [4.69, 9.17) is 0 Å². The number of phenolic OH excluding ortho intramolecular Hbond substituents is 2. The van der Waals surface area contributed by atoms with E-state index in [2.05, 4.69) is 20.5 Å². The summed E-state index contributed by atoms with van der Waals surface area (Å²) in [5.74, 6) is -1.08. The highest BCUT2D eigenvalue weighted by Gasteiger charge is 2.25. The van der Waals surface area contributed by atoms with E-state index >= 15 is 0 Å². The smallest absolute Gasteiger partial charge is 0.295 e. The van der Waals surface area contributed by atoms with Crippen molar-refractivity contribution in [1.29, 1.82) is 0 Å². The van der Waals surface area contributed by atoms with Crippen molar-refractivity contribution in [2.45, 2.75) is 29.4 Å². The van der Waals surface area contributed by atoms with Crippen LogP contribution in [0.1, 0.15) is 0 Å². The van der Waals surface area contributed by atoms with Gasteiger partial charge < -0.3 is 10.2 Å². The second-order valence-corrected chi connectivity index (χ2v) is 18.1. The van der Waals surface area contributed by atoms with Crippen molar-refractivity contribution in [2.24, 2.45) is 20.5 Å². The van der Waals surface area contributed by atoms with Crippen molar-refractivity contribution in [1.82, 2.24) is 0 Å². The lowest BCUT2D eigenvalue weighted by molar-refractivity contribution is 0.475. The summed E-state index contributed by atoms with van der Waals surface area (Å²) in [5.41, 5.74) is -0.294. The summed E-state index contributed by atoms with van der Waals surface area (Å²) in [6.45, 7) is 0. The minimum absolute atomic E-state index is 0.0939. The summed E-state index contributed by atoms with van der Waals surface area (Å²) in [6.07, 6.45) is 0. The molecule has 0 heterocycles. The topological polar surface area (TPSA) is 307 Å². The molecule has 0 atom stereocenters. The summed E-state index contributed by atoms with van der Waals surface area (Å²) in [4.78, 5) is -2.06. The van der Waals surface area contributed by atoms with Gasteiger partial charge in [0, 0.05) is 20.6 Å². The molecular weight excluding hydrogens is 825 g/mol. The molecule has 0 radical (unpaired) electrons. The molecule has 0 spiro atoms. The van der Waals surface area contributed by atoms with E-state index in [-0.39, 0.29) is 32.9 Å². The number of azo groups is 2. The Hall–Kier alpha value is -5.37. The van der Waals surface area contributed by atoms with Crippen LogP contribution < -0.4 is 0 Å². The third-order valence-electron chi connectivity index (χ3n) is 7.60. The van der Waals surface area contributed by atoms with Gasteiger partial charge in [0.05, 0.1) is 21.2 Å². The maximum Gasteiger partial charge on any atom is 0.295 e. The van der Waals surface area contributed by atoms with Crippen molar-refractivity contribution in [2.75, 3.05) is 0 Å². The quantitative estimate of drug-likeness (QED) is 0.0579. The summed E-state index contributed by atoms with van der Waals surface area (Å²) >= 11 is 1.31. The van der Waals surface area contributed by atoms with Crippen molar-refractivity contribution in [3.05, 3.63) is 97.1 Å². The van der Waals surface area contributed by atoms with Crippen LogP contribution in [0.5, 0.6) is 11.5 Å². The Morgan fingerprint density at radius 3 is 1.07 bits per heavy atom. The Labute approximate surface area is 315 Å². The Morgan fingerprint density at radius 2 is 0.764 bits per heavy atom. The Balaban J connectivity index is 1.23. The molecule has 18 nitrogen and oxygen atoms in total. The lowest BCUT2D eigenvalue weighted by atomic mass is 10.1. The molecule has 0 aliphatic carbocycles. The number of rotatable bonds is 10. The molecule has 0 amide bonds. The minimum Gasteiger partial charge on any atom is -0.506 e. The van der Waals surface area contributed by atoms with Crippen LogP contribution in [0.15, 0.2) is 147 Å². The predicted octanol–water partition coefficient (Wildman–Crippen LogP) is 7.37. The first kappa shape index (κ1) is 39.3. The largest absolute Gasteiger partial charge is 0.506 e. The third kappa shape index (κ3) is 8.64. The van der Waals surface area contributed by atoms with Gasteiger partial charge in [0.1, 0.15) is 32.7 Å². The van der Waals surface area contributed by atoms with Gasteiger partial charge in [-0.3, -0.25) is 18.2 Å². The molecule has 0 unspecified atom stereocenters. The molecule has 55 heavy (non-hydrogen) atoms. The molecule has 284 valence electrons. The molecule has 0 aromatic heterocycles. The second kappa shape index (κ2) is 14.4. The molecule has 6 aromatic rings. The van der Waals surface area contributed by atoms with E-state index in [1.807, 2.05) is 0 Å². The Bertz CT molecular complexity index is 2860. The fraction of sp³-hybridized carbons (Fsp3) is 0. The monoisotopic (exact) mass is 846 g/mol. The van der Waals surface area contributed by atoms with Crippen molar-refractivity contribution >= 4 is 96.5 Å². The summed E-state index contributed by atoms with van der Waals surface area (Å²) in [7, 11) is -19.9. The molecule has 0 saturated heterocycles. The number of benzene rings is 6. The first-order chi connectivity index (χ1) is 25.6. The second-order valence-electron chi connectivity index (χ2n) is 11.3. The molecule has 0 aliphatic heterocycles. The van der Waals surface area contributed by atoms with Crippen LogP contribution in [0.4, 0.5) is 22.7 Å². The lowest BCUT2D eigenvalue weighted by Crippen LogP contribution is -2.04. The maximum absolute atomic E-state index is 12.1. The number of hydrogen-bond acceptors (Lipinski definition) is 15. The molecule has 6 rings (SSSR count). The van der Waals surface area contributed by atoms with Gasteiger partial charge in [-0.2, -0.15) is 43.9 Å². The first-order valence-corrected chi connectivity index (χ1v) is 21.4. The Kier molecular flexibility index (Phi) is 10.3. The van der Waals surface area contributed by atoms with Crippen LogP contribution in [0, 0.1) is 0 Å². The van der Waals surface area contributed by atoms with Crippen LogP contribution in [0.3, 0.4) is 0 Å². The lowest BCUT2D eigenvalue weighted by Gasteiger charge is -2.10. The van der Waals surface area contributed by atoms with Gasteiger partial charge in [0.15, 0.2) is 0 Å². The number of phenols is 2. The molecule has 0 saturated carbocycles. The maximum atomic E-state index is 12.1. The van der Waals surface area contributed by atoms with Crippen LogP contribution >= 0.6 is 11.8 Å². The molecule has 6 N–H and O–H groups in total. The van der Waals surface area contributed by atoms with E-state index in [9.17, 15) is 62.1 Å². The minimum atomic E-state index is -5.07. The SMILES string of the molecule is O=S(=O)(O)c1cc(S(=O)(=O)O)c2c(N=Nc3ccc(Sc4ccc(N=Nc5c(O)ccc6cc(S(=O)(=O)O)cc(S(=O)(=O)O)c56)cc4)cc3)c(O)ccc2c1. The fourth-order valence-electron chi connectivity index (χ4n) is 5.16. The standard InChI is InChI=1S/C32H22N4O14S5/c37-25-11-1-17-13-23(52(39,40)41)15-27(54(45,46)47)29(17)31(25)35-33-19-3-7-21(8-4-19)51-22-9-5-20(6-10-22)34-36-32-26(38)12-2-18-14-24(53(42,43)44)16-28(30(18)32)55(48,49)50/h1-16,37-38H,(H,39,40,41)(H,42,43,44)(H,45,46,47)(H,48,49,50). The summed E-state index contributed by atoms with van der Waals surface area (Å²) < 4.78 is 134. The van der Waals surface area contributed by atoms with Gasteiger partial charge >= 0.3 is 0 Å². The average Bonchev–Trinajstić information content (AvgIpc) is 3.09. The van der Waals surface area contributed by atoms with E-state index in [1.165, 1.54) is 23.9 Å². The number of nitrogens with zero attached hydrogens (tertiary/aromatic N) is 4. The van der Waals surface area contributed by atoms with Crippen LogP contribution in [-0.2, 0) is 40.5 Å². The fourth-order valence-corrected chi connectivity index (χ4v) is 8.71. The van der Waals surface area contributed by atoms with Crippen LogP contribution in [-0.4, -0.2) is 62.1 Å². The Morgan fingerprint density at radius 1 is 0.418 bits per heavy atom. The van der Waals surface area contributed by atoms with Gasteiger partial charge in [-0.05, 0) is 95.7 Å². The highest BCUT2D eigenvalue weighted by molar-refractivity contribution is 7.99. The van der Waals surface area contributed by atoms with Gasteiger partial charge in [-0.25, -0.2) is 0 Å². The van der Waals surface area contributed by atoms with Gasteiger partial charge in [-0.15, -0.1) is 10.2 Å². The average molecular weight is 847 g/mol. The normalized spacial score (nSPS) is 13.0. The zero-order chi connectivity index (χ0) is 40.1. The number of aromatic hydroxyl groups is 2. The number of hydrogen-bond donors (Lipinski definition) is 6. The van der Waals surface area contributed by atoms with E-state index in [1.54, 1.807) is 48.5 Å². The van der Waals surface area contributed by atoms with Gasteiger partial charge in [-0.1, -0.05) is 23.9 Å². The highest BCUT2D eigenvalue weighted by Crippen LogP contribution is 2.43. The molecule has 6 aromatic carbocycles. The number of fused-ring (bicyclic) bond motifs is 2. The molecule has 0 fully saturated rings. The van der Waals surface area contributed by atoms with Crippen molar-refractivity contribution < 1.29 is 62.1 Å². The molecule has 0 aliphatic rings. The van der Waals surface area contributed by atoms with Crippen LogP contribution in [0.2, 0.25) is 0 Å². The highest BCUT2D eigenvalue weighted by atomic mass is 32.2. The van der Waals surface area contributed by atoms with Gasteiger partial charge in [0.25, 0.3) is 40.5 Å². The van der Waals surface area contributed by atoms with Crippen molar-refractivity contribution in [3.63, 3.8) is 0 Å². The molecule has 0 bridgehead atoms. The predicted molar refractivity (Wildman–Crippen MR) is 196 cm³/mol. The van der Waals surface area contributed by atoms with Crippen molar-refractivity contribution in [3.8, 4) is 11.5 Å².